The van der Waals surface area contributed by atoms with Crippen molar-refractivity contribution in [1.29, 1.82) is 0 Å². The molecule has 1 aliphatic heterocycles. The molecule has 3 aliphatic rings. The van der Waals surface area contributed by atoms with E-state index >= 15 is 0 Å². The molecule has 2 bridgehead atoms. The van der Waals surface area contributed by atoms with Gasteiger partial charge in [0, 0.05) is 31.3 Å². The fraction of sp³-hybridized carbons (Fsp3) is 0.800. The maximum atomic E-state index is 13.6. The first-order valence-electron chi connectivity index (χ1n) is 8.16. The number of halogens is 2. The summed E-state index contributed by atoms with van der Waals surface area (Å²) in [6.07, 6.45) is 2.21. The van der Waals surface area contributed by atoms with Crippen molar-refractivity contribution in [2.24, 2.45) is 17.8 Å². The Balaban J connectivity index is 1.44. The minimum absolute atomic E-state index is 0.0180. The summed E-state index contributed by atoms with van der Waals surface area (Å²) in [7, 11) is 0. The van der Waals surface area contributed by atoms with Crippen molar-refractivity contribution in [2.45, 2.75) is 43.9 Å². The molecule has 126 valence electrons. The van der Waals surface area contributed by atoms with E-state index in [0.717, 1.165) is 12.8 Å². The molecule has 2 aliphatic carbocycles. The SMILES string of the molecule is O=C([C@H]1C[C@@H]2C[C@H]1CC2(F)F)N1CCCC(c2n[nH]c(=O)o2)C1. The Hall–Kier alpha value is -1.73. The fourth-order valence-electron chi connectivity index (χ4n) is 4.54. The Morgan fingerprint density at radius 1 is 1.39 bits per heavy atom. The third-order valence-electron chi connectivity index (χ3n) is 5.68. The van der Waals surface area contributed by atoms with E-state index in [9.17, 15) is 18.4 Å². The van der Waals surface area contributed by atoms with Crippen molar-refractivity contribution in [3.05, 3.63) is 16.4 Å². The first-order chi connectivity index (χ1) is 10.9. The maximum absolute atomic E-state index is 13.6. The van der Waals surface area contributed by atoms with E-state index in [1.165, 1.54) is 0 Å². The summed E-state index contributed by atoms with van der Waals surface area (Å²) in [5.74, 6) is -4.08. The molecule has 1 amide bonds. The van der Waals surface area contributed by atoms with Crippen molar-refractivity contribution >= 4 is 5.91 Å². The van der Waals surface area contributed by atoms with E-state index in [1.807, 2.05) is 0 Å². The van der Waals surface area contributed by atoms with Gasteiger partial charge in [-0.25, -0.2) is 18.7 Å². The number of nitrogens with one attached hydrogen (secondary N) is 1. The molecule has 0 aromatic carbocycles. The van der Waals surface area contributed by atoms with Gasteiger partial charge >= 0.3 is 5.76 Å². The number of carbonyl (C=O) groups excluding carboxylic acids is 1. The number of alkyl halides is 2. The van der Waals surface area contributed by atoms with Crippen LogP contribution in [0.25, 0.3) is 0 Å². The summed E-state index contributed by atoms with van der Waals surface area (Å²) in [5, 5.41) is 6.08. The highest BCUT2D eigenvalue weighted by Crippen LogP contribution is 2.56. The van der Waals surface area contributed by atoms with Crippen molar-refractivity contribution < 1.29 is 18.0 Å². The minimum Gasteiger partial charge on any atom is -0.392 e. The highest BCUT2D eigenvalue weighted by Gasteiger charge is 2.58. The number of rotatable bonds is 2. The van der Waals surface area contributed by atoms with Crippen LogP contribution in [0.1, 0.15) is 43.9 Å². The molecule has 0 radical (unpaired) electrons. The average Bonchev–Trinajstić information content (AvgIpc) is 3.19. The van der Waals surface area contributed by atoms with E-state index in [4.69, 9.17) is 4.42 Å². The van der Waals surface area contributed by atoms with E-state index in [1.54, 1.807) is 4.90 Å². The van der Waals surface area contributed by atoms with Gasteiger partial charge in [-0.05, 0) is 31.6 Å². The van der Waals surface area contributed by atoms with Gasteiger partial charge in [0.15, 0.2) is 0 Å². The zero-order valence-corrected chi connectivity index (χ0v) is 12.6. The molecule has 0 spiro atoms. The Morgan fingerprint density at radius 2 is 2.22 bits per heavy atom. The molecule has 1 unspecified atom stereocenters. The largest absolute Gasteiger partial charge is 0.434 e. The molecule has 2 heterocycles. The Bertz CT molecular complexity index is 671. The zero-order chi connectivity index (χ0) is 16.2. The number of amides is 1. The number of fused-ring (bicyclic) bond motifs is 2. The van der Waals surface area contributed by atoms with Crippen LogP contribution < -0.4 is 5.76 Å². The van der Waals surface area contributed by atoms with Gasteiger partial charge in [0.1, 0.15) is 0 Å². The van der Waals surface area contributed by atoms with Crippen LogP contribution in [-0.2, 0) is 4.79 Å². The van der Waals surface area contributed by atoms with Gasteiger partial charge < -0.3 is 9.32 Å². The van der Waals surface area contributed by atoms with Gasteiger partial charge in [0.2, 0.25) is 11.8 Å². The van der Waals surface area contributed by atoms with Crippen LogP contribution in [0, 0.1) is 17.8 Å². The third kappa shape index (κ3) is 2.48. The molecule has 1 saturated heterocycles. The molecule has 4 atom stereocenters. The predicted octanol–water partition coefficient (Wildman–Crippen LogP) is 1.75. The van der Waals surface area contributed by atoms with Crippen LogP contribution in [0.2, 0.25) is 0 Å². The minimum atomic E-state index is -2.59. The highest BCUT2D eigenvalue weighted by molar-refractivity contribution is 5.80. The molecule has 23 heavy (non-hydrogen) atoms. The smallest absolute Gasteiger partial charge is 0.392 e. The predicted molar refractivity (Wildman–Crippen MR) is 74.9 cm³/mol. The number of carbonyl (C=O) groups is 1. The molecular formula is C15H19F2N3O3. The summed E-state index contributed by atoms with van der Waals surface area (Å²) >= 11 is 0. The van der Waals surface area contributed by atoms with Crippen molar-refractivity contribution in [3.8, 4) is 0 Å². The quantitative estimate of drug-likeness (QED) is 0.897. The Labute approximate surface area is 131 Å². The third-order valence-corrected chi connectivity index (χ3v) is 5.68. The molecule has 4 rings (SSSR count). The topological polar surface area (TPSA) is 79.2 Å². The molecule has 6 nitrogen and oxygen atoms in total. The summed E-state index contributed by atoms with van der Waals surface area (Å²) in [6.45, 7) is 1.07. The van der Waals surface area contributed by atoms with E-state index in [2.05, 4.69) is 10.2 Å². The van der Waals surface area contributed by atoms with Crippen LogP contribution >= 0.6 is 0 Å². The van der Waals surface area contributed by atoms with Crippen LogP contribution in [0.3, 0.4) is 0 Å². The number of hydrogen-bond acceptors (Lipinski definition) is 4. The van der Waals surface area contributed by atoms with Gasteiger partial charge in [-0.3, -0.25) is 4.79 Å². The van der Waals surface area contributed by atoms with Crippen LogP contribution in [-0.4, -0.2) is 40.0 Å². The number of aromatic nitrogens is 2. The second-order valence-corrected chi connectivity index (χ2v) is 7.07. The number of hydrogen-bond donors (Lipinski definition) is 1. The Kier molecular flexibility index (Phi) is 3.32. The lowest BCUT2D eigenvalue weighted by molar-refractivity contribution is -0.141. The molecule has 3 fully saturated rings. The van der Waals surface area contributed by atoms with Crippen molar-refractivity contribution in [1.82, 2.24) is 15.1 Å². The van der Waals surface area contributed by atoms with Gasteiger partial charge in [-0.15, -0.1) is 5.10 Å². The maximum Gasteiger partial charge on any atom is 0.434 e. The summed E-state index contributed by atoms with van der Waals surface area (Å²) in [4.78, 5) is 25.6. The van der Waals surface area contributed by atoms with Crippen molar-refractivity contribution in [3.63, 3.8) is 0 Å². The summed E-state index contributed by atoms with van der Waals surface area (Å²) in [6, 6.07) is 0. The standard InChI is InChI=1S/C15H19F2N3O3/c16-15(17)6-9-4-10(15)5-11(9)13(21)20-3-1-2-8(7-20)12-18-19-14(22)23-12/h8-11H,1-7H2,(H,19,22)/t8?,9-,10-,11-/m0/s1. The van der Waals surface area contributed by atoms with Crippen LogP contribution in [0.4, 0.5) is 8.78 Å². The van der Waals surface area contributed by atoms with Gasteiger partial charge in [0.25, 0.3) is 5.92 Å². The molecule has 1 aromatic rings. The Morgan fingerprint density at radius 3 is 2.83 bits per heavy atom. The molecule has 1 N–H and O–H groups in total. The lowest BCUT2D eigenvalue weighted by atomic mass is 9.85. The lowest BCUT2D eigenvalue weighted by Gasteiger charge is -2.35. The molecule has 1 aromatic heterocycles. The van der Waals surface area contributed by atoms with Crippen molar-refractivity contribution in [2.75, 3.05) is 13.1 Å². The summed E-state index contributed by atoms with van der Waals surface area (Å²) in [5.41, 5.74) is 0. The van der Waals surface area contributed by atoms with Gasteiger partial charge in [-0.1, -0.05) is 0 Å². The van der Waals surface area contributed by atoms with Gasteiger partial charge in [-0.2, -0.15) is 0 Å². The second kappa shape index (κ2) is 5.14. The van der Waals surface area contributed by atoms with Crippen LogP contribution in [0.5, 0.6) is 0 Å². The number of aromatic amines is 1. The average molecular weight is 327 g/mol. The normalized spacial score (nSPS) is 35.7. The zero-order valence-electron chi connectivity index (χ0n) is 12.6. The van der Waals surface area contributed by atoms with Gasteiger partial charge in [0.05, 0.1) is 5.92 Å². The lowest BCUT2D eigenvalue weighted by Crippen LogP contribution is -2.45. The number of likely N-dealkylation sites (tertiary alicyclic amines) is 1. The van der Waals surface area contributed by atoms with E-state index in [-0.39, 0.29) is 30.1 Å². The fourth-order valence-corrected chi connectivity index (χ4v) is 4.54. The number of H-pyrrole nitrogens is 1. The summed E-state index contributed by atoms with van der Waals surface area (Å²) < 4.78 is 32.2. The molecule has 2 saturated carbocycles. The molecule has 8 heteroatoms. The first kappa shape index (κ1) is 14.8. The molecular weight excluding hydrogens is 308 g/mol. The van der Waals surface area contributed by atoms with E-state index < -0.39 is 17.6 Å². The number of piperidine rings is 1. The second-order valence-electron chi connectivity index (χ2n) is 7.07. The van der Waals surface area contributed by atoms with Crippen LogP contribution in [0.15, 0.2) is 9.21 Å². The monoisotopic (exact) mass is 327 g/mol. The van der Waals surface area contributed by atoms with E-state index in [0.29, 0.717) is 31.8 Å². The number of nitrogens with zero attached hydrogens (tertiary/aromatic N) is 2. The first-order valence-corrected chi connectivity index (χ1v) is 8.16. The highest BCUT2D eigenvalue weighted by atomic mass is 19.3.